The van der Waals surface area contributed by atoms with Crippen LogP contribution in [0.4, 0.5) is 18.9 Å². The fraction of sp³-hybridized carbons (Fsp3) is 0.435. The van der Waals surface area contributed by atoms with Gasteiger partial charge in [-0.1, -0.05) is 0 Å². The van der Waals surface area contributed by atoms with E-state index in [4.69, 9.17) is 5.26 Å². The molecule has 0 bridgehead atoms. The first kappa shape index (κ1) is 22.1. The molecule has 6 nitrogen and oxygen atoms in total. The highest BCUT2D eigenvalue weighted by Gasteiger charge is 2.48. The van der Waals surface area contributed by atoms with Gasteiger partial charge >= 0.3 is 6.18 Å². The molecule has 2 aliphatic rings. The number of piperidine rings is 1. The van der Waals surface area contributed by atoms with Crippen LogP contribution in [0.15, 0.2) is 42.7 Å². The Hall–Kier alpha value is -3.12. The maximum absolute atomic E-state index is 13.4. The number of alkyl halides is 3. The zero-order valence-corrected chi connectivity index (χ0v) is 17.3. The van der Waals surface area contributed by atoms with Crippen molar-refractivity contribution in [3.63, 3.8) is 0 Å². The molecule has 1 spiro atoms. The lowest BCUT2D eigenvalue weighted by Crippen LogP contribution is -2.47. The van der Waals surface area contributed by atoms with Crippen molar-refractivity contribution in [2.24, 2.45) is 11.3 Å². The lowest BCUT2D eigenvalue weighted by atomic mass is 9.71. The Morgan fingerprint density at radius 3 is 2.50 bits per heavy atom. The molecule has 2 aliphatic heterocycles. The molecular weight excluding hydrogens is 421 g/mol. The molecule has 2 saturated heterocycles. The third-order valence-electron chi connectivity index (χ3n) is 6.80. The second kappa shape index (κ2) is 8.43. The van der Waals surface area contributed by atoms with Crippen molar-refractivity contribution >= 4 is 11.6 Å². The van der Waals surface area contributed by atoms with Crippen LogP contribution in [0, 0.1) is 22.7 Å². The summed E-state index contributed by atoms with van der Waals surface area (Å²) >= 11 is 0. The molecule has 168 valence electrons. The van der Waals surface area contributed by atoms with Gasteiger partial charge in [-0.2, -0.15) is 18.4 Å². The molecule has 1 N–H and O–H groups in total. The largest absolute Gasteiger partial charge is 0.417 e. The normalized spacial score (nSPS) is 20.4. The number of carbonyl (C=O) groups excluding carboxylic acids is 1. The fourth-order valence-electron chi connectivity index (χ4n) is 4.94. The minimum absolute atomic E-state index is 0.0698. The minimum Gasteiger partial charge on any atom is -0.396 e. The number of aromatic nitrogens is 1. The van der Waals surface area contributed by atoms with E-state index in [9.17, 15) is 23.1 Å². The van der Waals surface area contributed by atoms with Gasteiger partial charge in [0.15, 0.2) is 0 Å². The molecule has 1 atom stereocenters. The molecule has 4 rings (SSSR count). The van der Waals surface area contributed by atoms with Crippen molar-refractivity contribution in [2.75, 3.05) is 37.7 Å². The first-order chi connectivity index (χ1) is 15.3. The number of nitrogens with zero attached hydrogens (tertiary/aromatic N) is 4. The maximum Gasteiger partial charge on any atom is 0.417 e. The smallest absolute Gasteiger partial charge is 0.396 e. The lowest BCUT2D eigenvalue weighted by Gasteiger charge is -2.42. The number of anilines is 1. The van der Waals surface area contributed by atoms with Crippen LogP contribution in [0.25, 0.3) is 0 Å². The van der Waals surface area contributed by atoms with Crippen LogP contribution < -0.4 is 4.90 Å². The molecule has 2 aromatic rings. The monoisotopic (exact) mass is 444 g/mol. The zero-order valence-electron chi connectivity index (χ0n) is 17.3. The number of aliphatic hydroxyl groups is 1. The number of rotatable bonds is 3. The van der Waals surface area contributed by atoms with Gasteiger partial charge in [-0.05, 0) is 48.6 Å². The van der Waals surface area contributed by atoms with E-state index in [1.807, 2.05) is 4.90 Å². The Balaban J connectivity index is 1.52. The quantitative estimate of drug-likeness (QED) is 0.786. The van der Waals surface area contributed by atoms with E-state index in [0.717, 1.165) is 6.07 Å². The van der Waals surface area contributed by atoms with Crippen LogP contribution in [-0.4, -0.2) is 53.7 Å². The molecular formula is C23H23F3N4O2. The Kier molecular flexibility index (Phi) is 5.82. The average Bonchev–Trinajstić information content (AvgIpc) is 3.16. The number of benzene rings is 1. The number of pyridine rings is 1. The number of likely N-dealkylation sites (tertiary alicyclic amines) is 1. The zero-order chi connectivity index (χ0) is 22.9. The fourth-order valence-corrected chi connectivity index (χ4v) is 4.94. The summed E-state index contributed by atoms with van der Waals surface area (Å²) in [6.07, 6.45) is -0.153. The summed E-state index contributed by atoms with van der Waals surface area (Å²) in [5.41, 5.74) is -0.675. The second-order valence-electron chi connectivity index (χ2n) is 8.49. The van der Waals surface area contributed by atoms with Crippen molar-refractivity contribution in [1.82, 2.24) is 9.88 Å². The summed E-state index contributed by atoms with van der Waals surface area (Å²) in [7, 11) is 0. The molecule has 1 unspecified atom stereocenters. The van der Waals surface area contributed by atoms with E-state index in [1.54, 1.807) is 35.5 Å². The van der Waals surface area contributed by atoms with E-state index in [2.05, 4.69) is 4.98 Å². The highest BCUT2D eigenvalue weighted by molar-refractivity contribution is 5.94. The summed E-state index contributed by atoms with van der Waals surface area (Å²) in [4.78, 5) is 20.3. The van der Waals surface area contributed by atoms with Crippen molar-refractivity contribution in [3.05, 3.63) is 59.4 Å². The van der Waals surface area contributed by atoms with Gasteiger partial charge in [-0.25, -0.2) is 0 Å². The SMILES string of the molecule is N#Cc1ccc(N2CC(CO)C3(CCN(C(=O)c4ccncc4)CC3)C2)cc1C(F)(F)F. The van der Waals surface area contributed by atoms with Crippen LogP contribution >= 0.6 is 0 Å². The molecule has 32 heavy (non-hydrogen) atoms. The van der Waals surface area contributed by atoms with Crippen molar-refractivity contribution in [3.8, 4) is 6.07 Å². The Bertz CT molecular complexity index is 1030. The molecule has 3 heterocycles. The summed E-state index contributed by atoms with van der Waals surface area (Å²) in [5.74, 6) is -0.176. The van der Waals surface area contributed by atoms with Gasteiger partial charge in [0.2, 0.25) is 0 Å². The van der Waals surface area contributed by atoms with Crippen LogP contribution in [0.1, 0.15) is 34.3 Å². The van der Waals surface area contributed by atoms with Crippen LogP contribution in [0.3, 0.4) is 0 Å². The molecule has 1 aromatic heterocycles. The number of hydrogen-bond donors (Lipinski definition) is 1. The first-order valence-electron chi connectivity index (χ1n) is 10.4. The summed E-state index contributed by atoms with van der Waals surface area (Å²) in [6, 6.07) is 8.70. The van der Waals surface area contributed by atoms with Crippen molar-refractivity contribution in [1.29, 1.82) is 5.26 Å². The third-order valence-corrected chi connectivity index (χ3v) is 6.80. The molecule has 0 radical (unpaired) electrons. The molecule has 0 saturated carbocycles. The number of amides is 1. The topological polar surface area (TPSA) is 80.5 Å². The van der Waals surface area contributed by atoms with E-state index in [-0.39, 0.29) is 23.8 Å². The third kappa shape index (κ3) is 4.02. The highest BCUT2D eigenvalue weighted by Crippen LogP contribution is 2.46. The molecule has 2 fully saturated rings. The predicted molar refractivity (Wildman–Crippen MR) is 111 cm³/mol. The van der Waals surface area contributed by atoms with Crippen LogP contribution in [-0.2, 0) is 6.18 Å². The highest BCUT2D eigenvalue weighted by atomic mass is 19.4. The summed E-state index contributed by atoms with van der Waals surface area (Å²) in [6.45, 7) is 1.90. The van der Waals surface area contributed by atoms with Crippen LogP contribution in [0.5, 0.6) is 0 Å². The maximum atomic E-state index is 13.4. The standard InChI is InChI=1S/C23H23F3N4O2/c24-23(25,26)20-11-19(2-1-17(20)12-27)30-13-18(14-31)22(15-30)5-9-29(10-6-22)21(32)16-3-7-28-8-4-16/h1-4,7-8,11,18,31H,5-6,9-10,13-15H2. The lowest BCUT2D eigenvalue weighted by molar-refractivity contribution is -0.137. The van der Waals surface area contributed by atoms with Gasteiger partial charge in [0, 0.05) is 62.3 Å². The molecule has 9 heteroatoms. The number of carbonyl (C=O) groups is 1. The van der Waals surface area contributed by atoms with Gasteiger partial charge in [0.25, 0.3) is 5.91 Å². The van der Waals surface area contributed by atoms with E-state index in [1.165, 1.54) is 12.1 Å². The molecule has 1 aromatic carbocycles. The molecule has 0 aliphatic carbocycles. The first-order valence-corrected chi connectivity index (χ1v) is 10.4. The van der Waals surface area contributed by atoms with Gasteiger partial charge < -0.3 is 14.9 Å². The van der Waals surface area contributed by atoms with Gasteiger partial charge in [0.05, 0.1) is 17.2 Å². The number of nitriles is 1. The minimum atomic E-state index is -4.62. The summed E-state index contributed by atoms with van der Waals surface area (Å²) in [5, 5.41) is 19.1. The van der Waals surface area contributed by atoms with Crippen molar-refractivity contribution in [2.45, 2.75) is 19.0 Å². The Labute approximate surface area is 183 Å². The van der Waals surface area contributed by atoms with E-state index in [0.29, 0.717) is 50.3 Å². The second-order valence-corrected chi connectivity index (χ2v) is 8.49. The predicted octanol–water partition coefficient (Wildman–Crippen LogP) is 3.32. The number of halogens is 3. The van der Waals surface area contributed by atoms with Gasteiger partial charge in [0.1, 0.15) is 0 Å². The van der Waals surface area contributed by atoms with E-state index >= 15 is 0 Å². The van der Waals surface area contributed by atoms with Crippen LogP contribution in [0.2, 0.25) is 0 Å². The number of aliphatic hydroxyl groups excluding tert-OH is 1. The molecule has 1 amide bonds. The Morgan fingerprint density at radius 1 is 1.22 bits per heavy atom. The van der Waals surface area contributed by atoms with E-state index < -0.39 is 17.3 Å². The number of hydrogen-bond acceptors (Lipinski definition) is 5. The average molecular weight is 444 g/mol. The van der Waals surface area contributed by atoms with Crippen molar-refractivity contribution < 1.29 is 23.1 Å². The van der Waals surface area contributed by atoms with Gasteiger partial charge in [-0.3, -0.25) is 9.78 Å². The van der Waals surface area contributed by atoms with Gasteiger partial charge in [-0.15, -0.1) is 0 Å². The summed E-state index contributed by atoms with van der Waals surface area (Å²) < 4.78 is 40.2. The Morgan fingerprint density at radius 2 is 1.91 bits per heavy atom.